The number of aromatic nitrogens is 1. The van der Waals surface area contributed by atoms with E-state index in [1.54, 1.807) is 24.5 Å². The molecule has 1 aromatic rings. The van der Waals surface area contributed by atoms with Crippen molar-refractivity contribution < 1.29 is 9.59 Å². The van der Waals surface area contributed by atoms with Crippen molar-refractivity contribution in [3.63, 3.8) is 0 Å². The van der Waals surface area contributed by atoms with E-state index in [-0.39, 0.29) is 24.0 Å². The van der Waals surface area contributed by atoms with E-state index in [0.29, 0.717) is 12.2 Å². The Kier molecular flexibility index (Phi) is 5.49. The molecule has 110 valence electrons. The standard InChI is InChI=1S/C14H22N4O2/c1-5-18(10-12(19)17-14(2,3)4)13(20)16-11-7-6-8-15-9-11/h6-9H,5,10H2,1-4H3,(H,16,20)(H,17,19). The number of carbonyl (C=O) groups excluding carboxylic acids is 2. The molecule has 0 spiro atoms. The third-order valence-corrected chi connectivity index (χ3v) is 2.43. The molecule has 0 atom stereocenters. The summed E-state index contributed by atoms with van der Waals surface area (Å²) in [6, 6.07) is 3.16. The molecule has 0 unspecified atom stereocenters. The molecule has 0 aliphatic carbocycles. The van der Waals surface area contributed by atoms with Gasteiger partial charge in [-0.2, -0.15) is 0 Å². The molecule has 0 saturated carbocycles. The quantitative estimate of drug-likeness (QED) is 0.882. The summed E-state index contributed by atoms with van der Waals surface area (Å²) in [6.45, 7) is 8.00. The highest BCUT2D eigenvalue weighted by molar-refractivity contribution is 5.92. The van der Waals surface area contributed by atoms with Gasteiger partial charge in [0.05, 0.1) is 11.9 Å². The number of rotatable bonds is 4. The summed E-state index contributed by atoms with van der Waals surface area (Å²) < 4.78 is 0. The molecule has 1 rings (SSSR count). The van der Waals surface area contributed by atoms with E-state index in [2.05, 4.69) is 15.6 Å². The second-order valence-electron chi connectivity index (χ2n) is 5.48. The van der Waals surface area contributed by atoms with Crippen molar-refractivity contribution in [2.45, 2.75) is 33.2 Å². The van der Waals surface area contributed by atoms with E-state index >= 15 is 0 Å². The van der Waals surface area contributed by atoms with Crippen LogP contribution >= 0.6 is 0 Å². The van der Waals surface area contributed by atoms with Crippen LogP contribution in [0.3, 0.4) is 0 Å². The monoisotopic (exact) mass is 278 g/mol. The molecule has 3 amide bonds. The van der Waals surface area contributed by atoms with Crippen LogP contribution in [0.25, 0.3) is 0 Å². The molecule has 0 bridgehead atoms. The fourth-order valence-corrected chi connectivity index (χ4v) is 1.60. The van der Waals surface area contributed by atoms with Crippen molar-refractivity contribution >= 4 is 17.6 Å². The first-order valence-corrected chi connectivity index (χ1v) is 6.59. The smallest absolute Gasteiger partial charge is 0.322 e. The Morgan fingerprint density at radius 1 is 1.35 bits per heavy atom. The molecule has 0 saturated heterocycles. The minimum Gasteiger partial charge on any atom is -0.350 e. The summed E-state index contributed by atoms with van der Waals surface area (Å²) in [5, 5.41) is 5.54. The highest BCUT2D eigenvalue weighted by Gasteiger charge is 2.19. The predicted molar refractivity (Wildman–Crippen MR) is 78.4 cm³/mol. The Morgan fingerprint density at radius 3 is 2.55 bits per heavy atom. The Morgan fingerprint density at radius 2 is 2.05 bits per heavy atom. The van der Waals surface area contributed by atoms with Crippen LogP contribution in [0.1, 0.15) is 27.7 Å². The van der Waals surface area contributed by atoms with Crippen LogP contribution in [0.4, 0.5) is 10.5 Å². The largest absolute Gasteiger partial charge is 0.350 e. The zero-order valence-electron chi connectivity index (χ0n) is 12.4. The molecule has 20 heavy (non-hydrogen) atoms. The van der Waals surface area contributed by atoms with Crippen molar-refractivity contribution in [3.8, 4) is 0 Å². The fourth-order valence-electron chi connectivity index (χ4n) is 1.60. The van der Waals surface area contributed by atoms with Gasteiger partial charge in [0.25, 0.3) is 0 Å². The van der Waals surface area contributed by atoms with Gasteiger partial charge < -0.3 is 15.5 Å². The van der Waals surface area contributed by atoms with E-state index in [1.165, 1.54) is 4.90 Å². The minimum atomic E-state index is -0.315. The van der Waals surface area contributed by atoms with Crippen LogP contribution in [-0.2, 0) is 4.79 Å². The number of amides is 3. The first-order valence-electron chi connectivity index (χ1n) is 6.59. The predicted octanol–water partition coefficient (Wildman–Crippen LogP) is 1.85. The van der Waals surface area contributed by atoms with E-state index in [0.717, 1.165) is 0 Å². The van der Waals surface area contributed by atoms with Gasteiger partial charge in [0, 0.05) is 18.3 Å². The van der Waals surface area contributed by atoms with Crippen LogP contribution in [0.15, 0.2) is 24.5 Å². The second kappa shape index (κ2) is 6.88. The number of carbonyl (C=O) groups is 2. The van der Waals surface area contributed by atoms with Crippen LogP contribution in [0.5, 0.6) is 0 Å². The maximum Gasteiger partial charge on any atom is 0.322 e. The topological polar surface area (TPSA) is 74.3 Å². The zero-order chi connectivity index (χ0) is 15.2. The van der Waals surface area contributed by atoms with Gasteiger partial charge in [-0.15, -0.1) is 0 Å². The number of nitrogens with zero attached hydrogens (tertiary/aromatic N) is 2. The van der Waals surface area contributed by atoms with Crippen LogP contribution in [0.2, 0.25) is 0 Å². The maximum absolute atomic E-state index is 12.1. The first-order chi connectivity index (χ1) is 9.31. The lowest BCUT2D eigenvalue weighted by Gasteiger charge is -2.25. The van der Waals surface area contributed by atoms with Crippen LogP contribution < -0.4 is 10.6 Å². The van der Waals surface area contributed by atoms with Crippen molar-refractivity contribution in [2.75, 3.05) is 18.4 Å². The van der Waals surface area contributed by atoms with Gasteiger partial charge >= 0.3 is 6.03 Å². The van der Waals surface area contributed by atoms with Gasteiger partial charge in [-0.3, -0.25) is 9.78 Å². The van der Waals surface area contributed by atoms with Crippen LogP contribution in [-0.4, -0.2) is 40.5 Å². The summed E-state index contributed by atoms with van der Waals surface area (Å²) in [5.74, 6) is -0.180. The molecule has 0 aromatic carbocycles. The second-order valence-corrected chi connectivity index (χ2v) is 5.48. The summed E-state index contributed by atoms with van der Waals surface area (Å²) in [7, 11) is 0. The number of pyridine rings is 1. The molecule has 0 aliphatic heterocycles. The fraction of sp³-hybridized carbons (Fsp3) is 0.500. The number of hydrogen-bond donors (Lipinski definition) is 2. The summed E-state index contributed by atoms with van der Waals surface area (Å²) >= 11 is 0. The third kappa shape index (κ3) is 5.69. The van der Waals surface area contributed by atoms with E-state index in [9.17, 15) is 9.59 Å². The van der Waals surface area contributed by atoms with Gasteiger partial charge in [0.1, 0.15) is 6.54 Å². The van der Waals surface area contributed by atoms with Gasteiger partial charge in [-0.1, -0.05) is 0 Å². The molecule has 0 aliphatic rings. The van der Waals surface area contributed by atoms with Crippen LogP contribution in [0, 0.1) is 0 Å². The summed E-state index contributed by atoms with van der Waals surface area (Å²) in [6.07, 6.45) is 3.19. The lowest BCUT2D eigenvalue weighted by Crippen LogP contribution is -2.48. The average molecular weight is 278 g/mol. The number of hydrogen-bond acceptors (Lipinski definition) is 3. The van der Waals surface area contributed by atoms with Crippen molar-refractivity contribution in [3.05, 3.63) is 24.5 Å². The van der Waals surface area contributed by atoms with Gasteiger partial charge in [0.2, 0.25) is 5.91 Å². The zero-order valence-corrected chi connectivity index (χ0v) is 12.4. The van der Waals surface area contributed by atoms with Gasteiger partial charge in [0.15, 0.2) is 0 Å². The molecular formula is C14H22N4O2. The van der Waals surface area contributed by atoms with Gasteiger partial charge in [-0.25, -0.2) is 4.79 Å². The highest BCUT2D eigenvalue weighted by atomic mass is 16.2. The minimum absolute atomic E-state index is 0.0276. The Bertz CT molecular complexity index is 454. The normalized spacial score (nSPS) is 10.8. The number of anilines is 1. The van der Waals surface area contributed by atoms with Crippen molar-refractivity contribution in [2.24, 2.45) is 0 Å². The van der Waals surface area contributed by atoms with E-state index in [1.807, 2.05) is 27.7 Å². The lowest BCUT2D eigenvalue weighted by atomic mass is 10.1. The highest BCUT2D eigenvalue weighted by Crippen LogP contribution is 2.05. The molecule has 0 fully saturated rings. The number of nitrogens with one attached hydrogen (secondary N) is 2. The number of urea groups is 1. The maximum atomic E-state index is 12.1. The lowest BCUT2D eigenvalue weighted by molar-refractivity contribution is -0.123. The third-order valence-electron chi connectivity index (χ3n) is 2.43. The average Bonchev–Trinajstić information content (AvgIpc) is 2.35. The molecule has 1 heterocycles. The molecular weight excluding hydrogens is 256 g/mol. The Labute approximate surface area is 119 Å². The van der Waals surface area contributed by atoms with E-state index in [4.69, 9.17) is 0 Å². The summed E-state index contributed by atoms with van der Waals surface area (Å²) in [5.41, 5.74) is 0.295. The Hall–Kier alpha value is -2.11. The molecule has 0 radical (unpaired) electrons. The molecule has 1 aromatic heterocycles. The van der Waals surface area contributed by atoms with E-state index < -0.39 is 0 Å². The summed E-state index contributed by atoms with van der Waals surface area (Å²) in [4.78, 5) is 29.2. The van der Waals surface area contributed by atoms with Crippen molar-refractivity contribution in [1.82, 2.24) is 15.2 Å². The molecule has 2 N–H and O–H groups in total. The Balaban J connectivity index is 2.57. The van der Waals surface area contributed by atoms with Gasteiger partial charge in [-0.05, 0) is 39.8 Å². The SMILES string of the molecule is CCN(CC(=O)NC(C)(C)C)C(=O)Nc1cccnc1. The first kappa shape index (κ1) is 15.9. The van der Waals surface area contributed by atoms with Crippen molar-refractivity contribution in [1.29, 1.82) is 0 Å². The molecule has 6 heteroatoms. The molecule has 6 nitrogen and oxygen atoms in total. The number of likely N-dealkylation sites (N-methyl/N-ethyl adjacent to an activating group) is 1.